The van der Waals surface area contributed by atoms with Crippen molar-refractivity contribution in [3.8, 4) is 0 Å². The highest BCUT2D eigenvalue weighted by Gasteiger charge is 2.34. The highest BCUT2D eigenvalue weighted by molar-refractivity contribution is 5.45. The molecule has 1 aliphatic carbocycles. The summed E-state index contributed by atoms with van der Waals surface area (Å²) >= 11 is 0. The van der Waals surface area contributed by atoms with Crippen molar-refractivity contribution in [3.05, 3.63) is 11.8 Å². The van der Waals surface area contributed by atoms with Crippen LogP contribution in [0.15, 0.2) is 6.07 Å². The molecular weight excluding hydrogens is 257 g/mol. The third-order valence-electron chi connectivity index (χ3n) is 3.42. The molecule has 0 aromatic carbocycles. The van der Waals surface area contributed by atoms with E-state index in [4.69, 9.17) is 5.73 Å². The van der Waals surface area contributed by atoms with Crippen molar-refractivity contribution in [2.75, 3.05) is 17.2 Å². The van der Waals surface area contributed by atoms with Gasteiger partial charge in [-0.1, -0.05) is 12.8 Å². The van der Waals surface area contributed by atoms with Crippen LogP contribution in [0.3, 0.4) is 0 Å². The molecular formula is C12H17F3N4. The number of rotatable bonds is 3. The zero-order chi connectivity index (χ0) is 14.0. The lowest BCUT2D eigenvalue weighted by molar-refractivity contribution is -0.141. The third-order valence-corrected chi connectivity index (χ3v) is 3.42. The molecule has 0 spiro atoms. The van der Waals surface area contributed by atoms with Crippen LogP contribution in [0.2, 0.25) is 0 Å². The molecule has 1 aromatic rings. The maximum Gasteiger partial charge on any atom is 0.433 e. The van der Waals surface area contributed by atoms with Crippen LogP contribution in [0.5, 0.6) is 0 Å². The van der Waals surface area contributed by atoms with Gasteiger partial charge in [0, 0.05) is 18.7 Å². The van der Waals surface area contributed by atoms with Gasteiger partial charge in [0.15, 0.2) is 5.69 Å². The zero-order valence-electron chi connectivity index (χ0n) is 10.7. The maximum absolute atomic E-state index is 12.7. The first-order valence-corrected chi connectivity index (χ1v) is 6.40. The van der Waals surface area contributed by atoms with Gasteiger partial charge < -0.3 is 10.6 Å². The molecule has 0 bridgehead atoms. The Morgan fingerprint density at radius 3 is 2.47 bits per heavy atom. The van der Waals surface area contributed by atoms with Crippen molar-refractivity contribution in [2.45, 2.75) is 44.8 Å². The Kier molecular flexibility index (Phi) is 3.82. The Hall–Kier alpha value is -1.53. The van der Waals surface area contributed by atoms with Gasteiger partial charge in [-0.15, -0.1) is 0 Å². The van der Waals surface area contributed by atoms with E-state index in [-0.39, 0.29) is 17.8 Å². The smallest absolute Gasteiger partial charge is 0.368 e. The minimum absolute atomic E-state index is 0.250. The predicted octanol–water partition coefficient (Wildman–Crippen LogP) is 2.85. The van der Waals surface area contributed by atoms with Crippen molar-refractivity contribution in [1.29, 1.82) is 0 Å². The Bertz CT molecular complexity index is 441. The van der Waals surface area contributed by atoms with E-state index in [0.29, 0.717) is 6.54 Å². The first-order valence-electron chi connectivity index (χ1n) is 6.40. The van der Waals surface area contributed by atoms with Crippen LogP contribution in [0, 0.1) is 0 Å². The summed E-state index contributed by atoms with van der Waals surface area (Å²) in [6.07, 6.45) is -0.319. The normalized spacial score (nSPS) is 16.8. The Morgan fingerprint density at radius 2 is 1.95 bits per heavy atom. The van der Waals surface area contributed by atoms with E-state index in [0.717, 1.165) is 31.7 Å². The van der Waals surface area contributed by atoms with Gasteiger partial charge in [-0.25, -0.2) is 4.98 Å². The van der Waals surface area contributed by atoms with Crippen LogP contribution in [-0.2, 0) is 6.18 Å². The fourth-order valence-corrected chi connectivity index (χ4v) is 2.57. The molecule has 7 heteroatoms. The fraction of sp³-hybridized carbons (Fsp3) is 0.667. The summed E-state index contributed by atoms with van der Waals surface area (Å²) in [6.45, 7) is 2.52. The number of hydrogen-bond donors (Lipinski definition) is 1. The molecule has 2 rings (SSSR count). The van der Waals surface area contributed by atoms with Gasteiger partial charge >= 0.3 is 6.18 Å². The molecule has 2 N–H and O–H groups in total. The Morgan fingerprint density at radius 1 is 1.32 bits per heavy atom. The van der Waals surface area contributed by atoms with E-state index < -0.39 is 11.9 Å². The summed E-state index contributed by atoms with van der Waals surface area (Å²) in [6, 6.07) is 1.23. The second kappa shape index (κ2) is 5.22. The minimum Gasteiger partial charge on any atom is -0.368 e. The predicted molar refractivity (Wildman–Crippen MR) is 66.7 cm³/mol. The Balaban J connectivity index is 2.34. The molecule has 0 saturated heterocycles. The van der Waals surface area contributed by atoms with E-state index in [1.54, 1.807) is 0 Å². The summed E-state index contributed by atoms with van der Waals surface area (Å²) < 4.78 is 38.2. The van der Waals surface area contributed by atoms with Gasteiger partial charge in [0.05, 0.1) is 0 Å². The summed E-state index contributed by atoms with van der Waals surface area (Å²) in [4.78, 5) is 9.11. The molecule has 1 heterocycles. The number of hydrogen-bond acceptors (Lipinski definition) is 4. The van der Waals surface area contributed by atoms with Crippen molar-refractivity contribution in [3.63, 3.8) is 0 Å². The second-order valence-corrected chi connectivity index (χ2v) is 4.69. The molecule has 0 unspecified atom stereocenters. The van der Waals surface area contributed by atoms with E-state index in [1.165, 1.54) is 0 Å². The van der Waals surface area contributed by atoms with Crippen LogP contribution in [-0.4, -0.2) is 22.6 Å². The molecule has 0 amide bonds. The van der Waals surface area contributed by atoms with Crippen LogP contribution in [0.1, 0.15) is 38.3 Å². The van der Waals surface area contributed by atoms with E-state index in [1.807, 2.05) is 11.8 Å². The van der Waals surface area contributed by atoms with Crippen LogP contribution >= 0.6 is 0 Å². The van der Waals surface area contributed by atoms with Crippen molar-refractivity contribution in [2.24, 2.45) is 0 Å². The van der Waals surface area contributed by atoms with E-state index in [2.05, 4.69) is 9.97 Å². The molecule has 1 aromatic heterocycles. The van der Waals surface area contributed by atoms with Gasteiger partial charge in [-0.05, 0) is 19.8 Å². The van der Waals surface area contributed by atoms with Gasteiger partial charge in [-0.2, -0.15) is 18.2 Å². The monoisotopic (exact) mass is 274 g/mol. The molecule has 1 aliphatic rings. The van der Waals surface area contributed by atoms with Crippen molar-refractivity contribution < 1.29 is 13.2 Å². The van der Waals surface area contributed by atoms with Gasteiger partial charge in [-0.3, -0.25) is 0 Å². The van der Waals surface area contributed by atoms with Crippen LogP contribution < -0.4 is 10.6 Å². The lowest BCUT2D eigenvalue weighted by Gasteiger charge is -2.29. The first kappa shape index (κ1) is 13.9. The first-order chi connectivity index (χ1) is 8.91. The van der Waals surface area contributed by atoms with E-state index >= 15 is 0 Å². The van der Waals surface area contributed by atoms with Gasteiger partial charge in [0.2, 0.25) is 5.95 Å². The standard InChI is InChI=1S/C12H17F3N4/c1-2-19(8-5-3-4-6-8)10-7-9(12(13,14)15)17-11(16)18-10/h7-8H,2-6H2,1H3,(H2,16,17,18). The molecule has 1 fully saturated rings. The summed E-state index contributed by atoms with van der Waals surface area (Å²) in [5.74, 6) is -0.0597. The lowest BCUT2D eigenvalue weighted by Crippen LogP contribution is -2.34. The highest BCUT2D eigenvalue weighted by Crippen LogP contribution is 2.32. The largest absolute Gasteiger partial charge is 0.433 e. The van der Waals surface area contributed by atoms with Gasteiger partial charge in [0.1, 0.15) is 5.82 Å². The highest BCUT2D eigenvalue weighted by atomic mass is 19.4. The average Bonchev–Trinajstić information content (AvgIpc) is 2.82. The topological polar surface area (TPSA) is 55.0 Å². The quantitative estimate of drug-likeness (QED) is 0.920. The van der Waals surface area contributed by atoms with Crippen molar-refractivity contribution in [1.82, 2.24) is 9.97 Å². The number of nitrogens with zero attached hydrogens (tertiary/aromatic N) is 3. The summed E-state index contributed by atoms with van der Waals surface area (Å²) in [7, 11) is 0. The third kappa shape index (κ3) is 3.08. The molecule has 1 saturated carbocycles. The molecule has 0 aliphatic heterocycles. The molecule has 0 radical (unpaired) electrons. The summed E-state index contributed by atoms with van der Waals surface area (Å²) in [5, 5.41) is 0. The Labute approximate surface area is 109 Å². The number of nitrogen functional groups attached to an aromatic ring is 1. The number of halogens is 3. The fourth-order valence-electron chi connectivity index (χ4n) is 2.57. The summed E-state index contributed by atoms with van der Waals surface area (Å²) in [5.41, 5.74) is 4.42. The number of aromatic nitrogens is 2. The van der Waals surface area contributed by atoms with Crippen LogP contribution in [0.25, 0.3) is 0 Å². The second-order valence-electron chi connectivity index (χ2n) is 4.69. The molecule has 19 heavy (non-hydrogen) atoms. The number of alkyl halides is 3. The van der Waals surface area contributed by atoms with Crippen LogP contribution in [0.4, 0.5) is 24.9 Å². The number of nitrogens with two attached hydrogens (primary N) is 1. The molecule has 4 nitrogen and oxygen atoms in total. The maximum atomic E-state index is 12.7. The SMILES string of the molecule is CCN(c1cc(C(F)(F)F)nc(N)n1)C1CCCC1. The zero-order valence-corrected chi connectivity index (χ0v) is 10.7. The minimum atomic E-state index is -4.50. The lowest BCUT2D eigenvalue weighted by atomic mass is 10.2. The number of anilines is 2. The van der Waals surface area contributed by atoms with Gasteiger partial charge in [0.25, 0.3) is 0 Å². The molecule has 0 atom stereocenters. The molecule has 106 valence electrons. The van der Waals surface area contributed by atoms with E-state index in [9.17, 15) is 13.2 Å². The van der Waals surface area contributed by atoms with Crippen molar-refractivity contribution >= 4 is 11.8 Å². The average molecular weight is 274 g/mol.